The highest BCUT2D eigenvalue weighted by molar-refractivity contribution is 7.89. The van der Waals surface area contributed by atoms with Crippen LogP contribution in [0.5, 0.6) is 0 Å². The Morgan fingerprint density at radius 1 is 1.00 bits per heavy atom. The number of rotatable bonds is 6. The molecule has 1 aromatic carbocycles. The molecule has 0 spiro atoms. The molecule has 0 saturated carbocycles. The number of aromatic nitrogens is 3. The highest BCUT2D eigenvalue weighted by atomic mass is 32.2. The molecule has 1 aliphatic carbocycles. The van der Waals surface area contributed by atoms with Crippen LogP contribution in [0.4, 0.5) is 0 Å². The van der Waals surface area contributed by atoms with E-state index < -0.39 is 10.0 Å². The largest absolute Gasteiger partial charge is 0.337 e. The van der Waals surface area contributed by atoms with Gasteiger partial charge in [-0.05, 0) is 74.6 Å². The maximum Gasteiger partial charge on any atom is 0.276 e. The predicted molar refractivity (Wildman–Crippen MR) is 120 cm³/mol. The highest BCUT2D eigenvalue weighted by Gasteiger charge is 2.34. The quantitative estimate of drug-likeness (QED) is 0.665. The van der Waals surface area contributed by atoms with Crippen molar-refractivity contribution in [2.45, 2.75) is 75.3 Å². The molecule has 2 aromatic rings. The maximum atomic E-state index is 13.5. The third-order valence-electron chi connectivity index (χ3n) is 7.09. The lowest BCUT2D eigenvalue weighted by atomic mass is 10.0. The van der Waals surface area contributed by atoms with Crippen molar-refractivity contribution in [1.82, 2.24) is 24.2 Å². The molecule has 1 amide bonds. The fourth-order valence-corrected chi connectivity index (χ4v) is 7.07. The van der Waals surface area contributed by atoms with Gasteiger partial charge in [0.2, 0.25) is 10.0 Å². The Hall–Kier alpha value is -2.26. The number of benzene rings is 1. The average Bonchev–Trinajstić information content (AvgIpc) is 3.58. The van der Waals surface area contributed by atoms with Gasteiger partial charge in [0, 0.05) is 32.2 Å². The first-order chi connectivity index (χ1) is 15.5. The monoisotopic (exact) mass is 457 g/mol. The molecule has 8 nitrogen and oxygen atoms in total. The molecule has 0 radical (unpaired) electrons. The summed E-state index contributed by atoms with van der Waals surface area (Å²) in [4.78, 5) is 14.8. The third kappa shape index (κ3) is 4.20. The van der Waals surface area contributed by atoms with Crippen molar-refractivity contribution >= 4 is 15.9 Å². The topological polar surface area (TPSA) is 88.4 Å². The molecule has 0 bridgehead atoms. The van der Waals surface area contributed by atoms with Crippen molar-refractivity contribution in [2.24, 2.45) is 0 Å². The first-order valence-corrected chi connectivity index (χ1v) is 13.3. The SMILES string of the molecule is O=C(c1cn(CCC2CCCCN2S(=O)(=O)c2ccc3c(c2)CCC3)nn1)N1CCCC1. The molecule has 2 saturated heterocycles. The van der Waals surface area contributed by atoms with Gasteiger partial charge in [0.1, 0.15) is 0 Å². The van der Waals surface area contributed by atoms with E-state index in [0.29, 0.717) is 30.1 Å². The van der Waals surface area contributed by atoms with Crippen LogP contribution in [-0.2, 0) is 29.4 Å². The smallest absolute Gasteiger partial charge is 0.276 e. The molecule has 1 aromatic heterocycles. The molecule has 1 atom stereocenters. The molecule has 3 aliphatic rings. The van der Waals surface area contributed by atoms with Crippen LogP contribution in [0.15, 0.2) is 29.3 Å². The molecule has 3 heterocycles. The molecule has 172 valence electrons. The van der Waals surface area contributed by atoms with Crippen LogP contribution in [0, 0.1) is 0 Å². The van der Waals surface area contributed by atoms with E-state index in [2.05, 4.69) is 10.3 Å². The minimum atomic E-state index is -3.53. The summed E-state index contributed by atoms with van der Waals surface area (Å²) in [6.45, 7) is 2.66. The van der Waals surface area contributed by atoms with Crippen LogP contribution < -0.4 is 0 Å². The van der Waals surface area contributed by atoms with Gasteiger partial charge in [0.05, 0.1) is 11.1 Å². The van der Waals surface area contributed by atoms with E-state index in [1.165, 1.54) is 11.1 Å². The standard InChI is InChI=1S/C23H31N5O3S/c29-23(26-12-3-4-13-26)22-17-27(25-24-22)15-11-20-8-1-2-14-28(20)32(30,31)21-10-9-18-6-5-7-19(18)16-21/h9-10,16-17,20H,1-8,11-15H2. The summed E-state index contributed by atoms with van der Waals surface area (Å²) < 4.78 is 30.4. The molecule has 32 heavy (non-hydrogen) atoms. The Kier molecular flexibility index (Phi) is 6.03. The summed E-state index contributed by atoms with van der Waals surface area (Å²) in [7, 11) is -3.53. The molecule has 2 fully saturated rings. The number of amides is 1. The van der Waals surface area contributed by atoms with Crippen molar-refractivity contribution in [3.63, 3.8) is 0 Å². The first-order valence-electron chi connectivity index (χ1n) is 11.9. The van der Waals surface area contributed by atoms with Gasteiger partial charge < -0.3 is 4.90 Å². The van der Waals surface area contributed by atoms with Crippen molar-refractivity contribution in [2.75, 3.05) is 19.6 Å². The summed E-state index contributed by atoms with van der Waals surface area (Å²) in [5.74, 6) is -0.0627. The lowest BCUT2D eigenvalue weighted by Crippen LogP contribution is -2.44. The van der Waals surface area contributed by atoms with E-state index in [9.17, 15) is 13.2 Å². The number of hydrogen-bond donors (Lipinski definition) is 0. The zero-order valence-electron chi connectivity index (χ0n) is 18.4. The number of carbonyl (C=O) groups is 1. The minimum Gasteiger partial charge on any atom is -0.337 e. The number of likely N-dealkylation sites (tertiary alicyclic amines) is 1. The lowest BCUT2D eigenvalue weighted by Gasteiger charge is -2.34. The highest BCUT2D eigenvalue weighted by Crippen LogP contribution is 2.30. The zero-order valence-corrected chi connectivity index (χ0v) is 19.3. The van der Waals surface area contributed by atoms with Gasteiger partial charge in [-0.15, -0.1) is 5.10 Å². The van der Waals surface area contributed by atoms with Gasteiger partial charge in [-0.25, -0.2) is 8.42 Å². The Bertz CT molecular complexity index is 1090. The number of piperidine rings is 1. The van der Waals surface area contributed by atoms with Gasteiger partial charge >= 0.3 is 0 Å². The van der Waals surface area contributed by atoms with Crippen LogP contribution in [0.1, 0.15) is 66.6 Å². The summed E-state index contributed by atoms with van der Waals surface area (Å²) in [5.41, 5.74) is 2.83. The minimum absolute atomic E-state index is 0.0627. The Labute approximate surface area is 189 Å². The predicted octanol–water partition coefficient (Wildman–Crippen LogP) is 2.64. The van der Waals surface area contributed by atoms with Crippen LogP contribution in [-0.4, -0.2) is 64.2 Å². The van der Waals surface area contributed by atoms with E-state index in [0.717, 1.165) is 64.5 Å². The molecule has 1 unspecified atom stereocenters. The van der Waals surface area contributed by atoms with Gasteiger partial charge in [0.15, 0.2) is 5.69 Å². The molecular formula is C23H31N5O3S. The van der Waals surface area contributed by atoms with Gasteiger partial charge in [0.25, 0.3) is 5.91 Å². The Balaban J connectivity index is 1.27. The van der Waals surface area contributed by atoms with E-state index >= 15 is 0 Å². The van der Waals surface area contributed by atoms with Crippen LogP contribution in [0.3, 0.4) is 0 Å². The number of fused-ring (bicyclic) bond motifs is 1. The molecule has 5 rings (SSSR count). The number of nitrogens with zero attached hydrogens (tertiary/aromatic N) is 5. The number of aryl methyl sites for hydroxylation is 3. The molecule has 2 aliphatic heterocycles. The second-order valence-corrected chi connectivity index (χ2v) is 11.1. The fourth-order valence-electron chi connectivity index (χ4n) is 5.29. The fraction of sp³-hybridized carbons (Fsp3) is 0.609. The number of carbonyl (C=O) groups excluding carboxylic acids is 1. The summed E-state index contributed by atoms with van der Waals surface area (Å²) >= 11 is 0. The summed E-state index contributed by atoms with van der Waals surface area (Å²) in [6.07, 6.45) is 10.3. The van der Waals surface area contributed by atoms with E-state index in [4.69, 9.17) is 0 Å². The maximum absolute atomic E-state index is 13.5. The van der Waals surface area contributed by atoms with Crippen LogP contribution in [0.2, 0.25) is 0 Å². The van der Waals surface area contributed by atoms with E-state index in [1.807, 2.05) is 17.0 Å². The Morgan fingerprint density at radius 2 is 1.78 bits per heavy atom. The Morgan fingerprint density at radius 3 is 2.62 bits per heavy atom. The van der Waals surface area contributed by atoms with Crippen LogP contribution >= 0.6 is 0 Å². The van der Waals surface area contributed by atoms with Gasteiger partial charge in [-0.2, -0.15) is 4.31 Å². The molecular weight excluding hydrogens is 426 g/mol. The normalized spacial score (nSPS) is 21.8. The average molecular weight is 458 g/mol. The van der Waals surface area contributed by atoms with Crippen molar-refractivity contribution in [1.29, 1.82) is 0 Å². The molecule has 0 N–H and O–H groups in total. The zero-order chi connectivity index (χ0) is 22.1. The first kappa shape index (κ1) is 21.6. The van der Waals surface area contributed by atoms with Crippen molar-refractivity contribution < 1.29 is 13.2 Å². The summed E-state index contributed by atoms with van der Waals surface area (Å²) in [6, 6.07) is 5.59. The van der Waals surface area contributed by atoms with E-state index in [1.54, 1.807) is 21.3 Å². The van der Waals surface area contributed by atoms with E-state index in [-0.39, 0.29) is 11.9 Å². The van der Waals surface area contributed by atoms with Gasteiger partial charge in [-0.3, -0.25) is 9.48 Å². The van der Waals surface area contributed by atoms with Gasteiger partial charge in [-0.1, -0.05) is 17.7 Å². The lowest BCUT2D eigenvalue weighted by molar-refractivity contribution is 0.0787. The second-order valence-electron chi connectivity index (χ2n) is 9.20. The molecule has 9 heteroatoms. The number of sulfonamides is 1. The van der Waals surface area contributed by atoms with Crippen LogP contribution in [0.25, 0.3) is 0 Å². The third-order valence-corrected chi connectivity index (χ3v) is 9.04. The van der Waals surface area contributed by atoms with Crippen molar-refractivity contribution in [3.8, 4) is 0 Å². The number of hydrogen-bond acceptors (Lipinski definition) is 5. The van der Waals surface area contributed by atoms with Crippen molar-refractivity contribution in [3.05, 3.63) is 41.2 Å². The summed E-state index contributed by atoms with van der Waals surface area (Å²) in [5, 5.41) is 8.19. The second kappa shape index (κ2) is 8.94.